The number of H-pyrrole nitrogens is 1. The summed E-state index contributed by atoms with van der Waals surface area (Å²) < 4.78 is 2.08. The second-order valence-electron chi connectivity index (χ2n) is 8.09. The Labute approximate surface area is 191 Å². The summed E-state index contributed by atoms with van der Waals surface area (Å²) in [6.07, 6.45) is 8.89. The summed E-state index contributed by atoms with van der Waals surface area (Å²) in [5, 5.41) is 14.0. The molecule has 0 bridgehead atoms. The zero-order chi connectivity index (χ0) is 22.8. The van der Waals surface area contributed by atoms with E-state index in [1.54, 1.807) is 12.3 Å². The zero-order valence-electron chi connectivity index (χ0n) is 18.6. The molecule has 8 nitrogen and oxygen atoms in total. The third-order valence-electron chi connectivity index (χ3n) is 5.97. The quantitative estimate of drug-likeness (QED) is 0.377. The van der Waals surface area contributed by atoms with E-state index in [2.05, 4.69) is 69.1 Å². The van der Waals surface area contributed by atoms with Gasteiger partial charge in [0.25, 0.3) is 0 Å². The maximum atomic E-state index is 9.27. The van der Waals surface area contributed by atoms with Gasteiger partial charge in [-0.1, -0.05) is 25.1 Å². The fourth-order valence-electron chi connectivity index (χ4n) is 3.97. The Morgan fingerprint density at radius 3 is 2.94 bits per heavy atom. The second-order valence-corrected chi connectivity index (χ2v) is 8.09. The van der Waals surface area contributed by atoms with Gasteiger partial charge in [0, 0.05) is 47.6 Å². The topological polar surface area (TPSA) is 108 Å². The molecule has 5 rings (SSSR count). The molecule has 33 heavy (non-hydrogen) atoms. The third-order valence-corrected chi connectivity index (χ3v) is 5.97. The number of aromatic nitrogens is 6. The number of anilines is 1. The van der Waals surface area contributed by atoms with Crippen molar-refractivity contribution in [3.63, 3.8) is 0 Å². The lowest BCUT2D eigenvalue weighted by Crippen LogP contribution is -2.09. The zero-order valence-corrected chi connectivity index (χ0v) is 18.6. The summed E-state index contributed by atoms with van der Waals surface area (Å²) in [7, 11) is 0. The summed E-state index contributed by atoms with van der Waals surface area (Å²) in [5.41, 5.74) is 5.07. The van der Waals surface area contributed by atoms with Gasteiger partial charge in [-0.05, 0) is 37.5 Å². The summed E-state index contributed by atoms with van der Waals surface area (Å²) in [5.74, 6) is 1.20. The van der Waals surface area contributed by atoms with Gasteiger partial charge < -0.3 is 14.9 Å². The van der Waals surface area contributed by atoms with Crippen molar-refractivity contribution in [3.8, 4) is 17.5 Å². The molecule has 0 aliphatic heterocycles. The van der Waals surface area contributed by atoms with Crippen molar-refractivity contribution in [2.45, 2.75) is 32.7 Å². The summed E-state index contributed by atoms with van der Waals surface area (Å²) >= 11 is 0. The van der Waals surface area contributed by atoms with Crippen LogP contribution in [0.5, 0.6) is 0 Å². The predicted molar refractivity (Wildman–Crippen MR) is 129 cm³/mol. The van der Waals surface area contributed by atoms with Crippen LogP contribution in [0.1, 0.15) is 37.4 Å². The van der Waals surface area contributed by atoms with E-state index in [0.717, 1.165) is 29.5 Å². The molecule has 0 amide bonds. The van der Waals surface area contributed by atoms with Crippen LogP contribution in [0.15, 0.2) is 55.2 Å². The first-order valence-corrected chi connectivity index (χ1v) is 11.1. The molecule has 2 N–H and O–H groups in total. The first kappa shape index (κ1) is 20.6. The van der Waals surface area contributed by atoms with Gasteiger partial charge in [0.15, 0.2) is 17.3 Å². The lowest BCUT2D eigenvalue weighted by molar-refractivity contribution is 0.541. The number of imidazole rings is 1. The minimum Gasteiger partial charge on any atom is -0.368 e. The van der Waals surface area contributed by atoms with Crippen molar-refractivity contribution in [1.82, 2.24) is 29.5 Å². The fraction of sp³-hybridized carbons (Fsp3) is 0.240. The average Bonchev–Trinajstić information content (AvgIpc) is 3.48. The minimum absolute atomic E-state index is 0.250. The maximum absolute atomic E-state index is 9.27. The fourth-order valence-corrected chi connectivity index (χ4v) is 3.97. The van der Waals surface area contributed by atoms with Gasteiger partial charge in [-0.15, -0.1) is 0 Å². The standard InChI is InChI=1S/C25H24N8/c1-3-16(2)33-15-30-22-24(28-9-8-18-14-29-21-7-5-4-6-20(18)21)31-23(32-25(22)33)19-10-17(11-26)12-27-13-19/h4-7,10,12-16,29H,3,8-9H2,1-2H3,(H,28,31,32). The molecule has 1 atom stereocenters. The molecule has 0 saturated heterocycles. The van der Waals surface area contributed by atoms with Gasteiger partial charge in [0.1, 0.15) is 11.6 Å². The van der Waals surface area contributed by atoms with E-state index in [9.17, 15) is 5.26 Å². The molecule has 4 heterocycles. The molecule has 0 aliphatic rings. The second kappa shape index (κ2) is 8.71. The van der Waals surface area contributed by atoms with E-state index in [1.807, 2.05) is 12.4 Å². The number of pyridine rings is 1. The van der Waals surface area contributed by atoms with Crippen molar-refractivity contribution >= 4 is 27.9 Å². The molecule has 0 saturated carbocycles. The number of rotatable bonds is 7. The van der Waals surface area contributed by atoms with Gasteiger partial charge >= 0.3 is 0 Å². The van der Waals surface area contributed by atoms with Gasteiger partial charge in [-0.25, -0.2) is 15.0 Å². The highest BCUT2D eigenvalue weighted by atomic mass is 15.2. The Balaban J connectivity index is 1.51. The number of hydrogen-bond acceptors (Lipinski definition) is 6. The molecule has 8 heteroatoms. The van der Waals surface area contributed by atoms with Crippen LogP contribution in [0.2, 0.25) is 0 Å². The first-order valence-electron chi connectivity index (χ1n) is 11.1. The number of fused-ring (bicyclic) bond motifs is 2. The highest BCUT2D eigenvalue weighted by Crippen LogP contribution is 2.27. The highest BCUT2D eigenvalue weighted by Gasteiger charge is 2.17. The van der Waals surface area contributed by atoms with Crippen molar-refractivity contribution in [2.75, 3.05) is 11.9 Å². The lowest BCUT2D eigenvalue weighted by Gasteiger charge is -2.13. The van der Waals surface area contributed by atoms with Gasteiger partial charge in [-0.3, -0.25) is 4.98 Å². The van der Waals surface area contributed by atoms with E-state index in [0.29, 0.717) is 29.3 Å². The number of nitrogens with zero attached hydrogens (tertiary/aromatic N) is 6. The number of aromatic amines is 1. The van der Waals surface area contributed by atoms with Gasteiger partial charge in [0.2, 0.25) is 0 Å². The van der Waals surface area contributed by atoms with Crippen molar-refractivity contribution < 1.29 is 0 Å². The number of nitrogens with one attached hydrogen (secondary N) is 2. The smallest absolute Gasteiger partial charge is 0.166 e. The normalized spacial score (nSPS) is 12.2. The van der Waals surface area contributed by atoms with Crippen LogP contribution in [0.3, 0.4) is 0 Å². The largest absolute Gasteiger partial charge is 0.368 e. The van der Waals surface area contributed by atoms with Gasteiger partial charge in [-0.2, -0.15) is 5.26 Å². The molecule has 1 unspecified atom stereocenters. The molecule has 0 radical (unpaired) electrons. The van der Waals surface area contributed by atoms with E-state index < -0.39 is 0 Å². The molecule has 0 aliphatic carbocycles. The molecular formula is C25H24N8. The molecular weight excluding hydrogens is 412 g/mol. The molecule has 5 aromatic rings. The van der Waals surface area contributed by atoms with Crippen LogP contribution in [-0.2, 0) is 6.42 Å². The number of nitriles is 1. The van der Waals surface area contributed by atoms with Crippen molar-refractivity contribution in [3.05, 3.63) is 66.4 Å². The van der Waals surface area contributed by atoms with Crippen LogP contribution in [0, 0.1) is 11.3 Å². The Hall–Kier alpha value is -4.25. The Morgan fingerprint density at radius 2 is 2.09 bits per heavy atom. The number of para-hydroxylation sites is 1. The summed E-state index contributed by atoms with van der Waals surface area (Å²) in [6.45, 7) is 4.98. The maximum Gasteiger partial charge on any atom is 0.166 e. The molecule has 1 aromatic carbocycles. The monoisotopic (exact) mass is 436 g/mol. The summed E-state index contributed by atoms with van der Waals surface area (Å²) in [4.78, 5) is 21.7. The third kappa shape index (κ3) is 3.89. The predicted octanol–water partition coefficient (Wildman–Crippen LogP) is 4.87. The van der Waals surface area contributed by atoms with Crippen LogP contribution in [0.4, 0.5) is 5.82 Å². The van der Waals surface area contributed by atoms with E-state index in [-0.39, 0.29) is 6.04 Å². The molecule has 0 spiro atoms. The van der Waals surface area contributed by atoms with E-state index in [4.69, 9.17) is 9.97 Å². The Morgan fingerprint density at radius 1 is 1.21 bits per heavy atom. The lowest BCUT2D eigenvalue weighted by atomic mass is 10.1. The first-order chi connectivity index (χ1) is 16.2. The van der Waals surface area contributed by atoms with Crippen molar-refractivity contribution in [1.29, 1.82) is 5.26 Å². The van der Waals surface area contributed by atoms with Crippen LogP contribution in [-0.4, -0.2) is 36.0 Å². The minimum atomic E-state index is 0.250. The summed E-state index contributed by atoms with van der Waals surface area (Å²) in [6, 6.07) is 12.4. The SMILES string of the molecule is CCC(C)n1cnc2c(NCCc3c[nH]c4ccccc34)nc(-c3cncc(C#N)c3)nc21. The van der Waals surface area contributed by atoms with Crippen molar-refractivity contribution in [2.24, 2.45) is 0 Å². The average molecular weight is 437 g/mol. The van der Waals surface area contributed by atoms with E-state index >= 15 is 0 Å². The molecule has 4 aromatic heterocycles. The van der Waals surface area contributed by atoms with E-state index in [1.165, 1.54) is 17.1 Å². The van der Waals surface area contributed by atoms with Crippen LogP contribution >= 0.6 is 0 Å². The number of hydrogen-bond donors (Lipinski definition) is 2. The van der Waals surface area contributed by atoms with Crippen LogP contribution < -0.4 is 5.32 Å². The number of benzene rings is 1. The molecule has 0 fully saturated rings. The highest BCUT2D eigenvalue weighted by molar-refractivity contribution is 5.86. The van der Waals surface area contributed by atoms with Gasteiger partial charge in [0.05, 0.1) is 11.9 Å². The van der Waals surface area contributed by atoms with Crippen LogP contribution in [0.25, 0.3) is 33.5 Å². The Kier molecular flexibility index (Phi) is 5.45. The Bertz CT molecular complexity index is 1470. The molecule has 164 valence electrons.